The molecule has 1 amide bonds. The number of ketones is 1. The van der Waals surface area contributed by atoms with Crippen LogP contribution in [0.25, 0.3) is 0 Å². The highest BCUT2D eigenvalue weighted by atomic mass is 16.1. The second-order valence-corrected chi connectivity index (χ2v) is 5.00. The Hall–Kier alpha value is -2.10. The van der Waals surface area contributed by atoms with E-state index < -0.39 is 11.3 Å². The molecule has 0 aliphatic carbocycles. The highest BCUT2D eigenvalue weighted by molar-refractivity contribution is 5.99. The second-order valence-electron chi connectivity index (χ2n) is 5.00. The molecule has 1 rings (SSSR count). The number of carbonyl (C=O) groups is 2. The van der Waals surface area contributed by atoms with Crippen molar-refractivity contribution in [1.29, 1.82) is 0 Å². The smallest absolute Gasteiger partial charge is 0.250 e. The first-order valence-electron chi connectivity index (χ1n) is 5.68. The van der Waals surface area contributed by atoms with Gasteiger partial charge in [-0.15, -0.1) is 0 Å². The first-order chi connectivity index (χ1) is 8.32. The lowest BCUT2D eigenvalue weighted by molar-refractivity contribution is -0.121. The SMILES string of the molecule is CC(C)(C)C(=O)/C=C/Nc1ccccc1C(N)=O. The minimum atomic E-state index is -0.506. The summed E-state index contributed by atoms with van der Waals surface area (Å²) in [6.45, 7) is 5.53. The summed E-state index contributed by atoms with van der Waals surface area (Å²) in [4.78, 5) is 22.8. The van der Waals surface area contributed by atoms with Gasteiger partial charge in [0.15, 0.2) is 5.78 Å². The number of nitrogens with two attached hydrogens (primary N) is 1. The summed E-state index contributed by atoms with van der Waals surface area (Å²) in [7, 11) is 0. The van der Waals surface area contributed by atoms with E-state index in [2.05, 4.69) is 5.32 Å². The quantitative estimate of drug-likeness (QED) is 0.801. The molecule has 0 bridgehead atoms. The predicted octanol–water partition coefficient (Wildman–Crippen LogP) is 2.33. The van der Waals surface area contributed by atoms with Gasteiger partial charge in [0.2, 0.25) is 0 Å². The normalized spacial score (nSPS) is 11.5. The number of para-hydroxylation sites is 1. The van der Waals surface area contributed by atoms with Crippen LogP contribution in [0.4, 0.5) is 5.69 Å². The molecule has 0 atom stereocenters. The van der Waals surface area contributed by atoms with Crippen LogP contribution in [0.3, 0.4) is 0 Å². The molecule has 0 aliphatic heterocycles. The zero-order valence-electron chi connectivity index (χ0n) is 10.9. The van der Waals surface area contributed by atoms with Gasteiger partial charge in [-0.25, -0.2) is 0 Å². The third-order valence-corrected chi connectivity index (χ3v) is 2.41. The number of rotatable bonds is 4. The molecule has 0 fully saturated rings. The van der Waals surface area contributed by atoms with E-state index in [1.54, 1.807) is 24.3 Å². The molecule has 1 aromatic carbocycles. The van der Waals surface area contributed by atoms with E-state index >= 15 is 0 Å². The molecule has 0 heterocycles. The molecule has 0 radical (unpaired) electrons. The Bertz CT molecular complexity index is 485. The Morgan fingerprint density at radius 2 is 1.83 bits per heavy atom. The lowest BCUT2D eigenvalue weighted by Crippen LogP contribution is -2.17. The van der Waals surface area contributed by atoms with E-state index in [1.807, 2.05) is 20.8 Å². The van der Waals surface area contributed by atoms with E-state index in [4.69, 9.17) is 5.73 Å². The van der Waals surface area contributed by atoms with Gasteiger partial charge in [0, 0.05) is 11.6 Å². The van der Waals surface area contributed by atoms with Crippen molar-refractivity contribution in [3.8, 4) is 0 Å². The summed E-state index contributed by atoms with van der Waals surface area (Å²) in [6.07, 6.45) is 2.98. The van der Waals surface area contributed by atoms with Crippen LogP contribution in [0, 0.1) is 5.41 Å². The van der Waals surface area contributed by atoms with E-state index in [0.717, 1.165) is 0 Å². The van der Waals surface area contributed by atoms with Gasteiger partial charge in [0.1, 0.15) is 0 Å². The summed E-state index contributed by atoms with van der Waals surface area (Å²) in [6, 6.07) is 6.87. The first-order valence-corrected chi connectivity index (χ1v) is 5.68. The largest absolute Gasteiger partial charge is 0.366 e. The Morgan fingerprint density at radius 1 is 1.22 bits per heavy atom. The van der Waals surface area contributed by atoms with E-state index in [0.29, 0.717) is 11.3 Å². The summed E-state index contributed by atoms with van der Waals surface area (Å²) >= 11 is 0. The molecular formula is C14H18N2O2. The van der Waals surface area contributed by atoms with Crippen molar-refractivity contribution in [2.45, 2.75) is 20.8 Å². The number of amides is 1. The van der Waals surface area contributed by atoms with Gasteiger partial charge in [0.25, 0.3) is 5.91 Å². The zero-order valence-corrected chi connectivity index (χ0v) is 10.9. The number of hydrogen-bond donors (Lipinski definition) is 2. The average Bonchev–Trinajstić information content (AvgIpc) is 2.28. The third-order valence-electron chi connectivity index (χ3n) is 2.41. The van der Waals surface area contributed by atoms with Crippen LogP contribution in [0.1, 0.15) is 31.1 Å². The molecule has 0 aromatic heterocycles. The van der Waals surface area contributed by atoms with Crippen LogP contribution < -0.4 is 11.1 Å². The molecule has 0 aliphatic rings. The van der Waals surface area contributed by atoms with E-state index in [-0.39, 0.29) is 5.78 Å². The van der Waals surface area contributed by atoms with Crippen molar-refractivity contribution in [3.05, 3.63) is 42.1 Å². The van der Waals surface area contributed by atoms with Crippen molar-refractivity contribution in [1.82, 2.24) is 0 Å². The number of carbonyl (C=O) groups excluding carboxylic acids is 2. The summed E-state index contributed by atoms with van der Waals surface area (Å²) in [5.74, 6) is -0.500. The van der Waals surface area contributed by atoms with Gasteiger partial charge in [-0.2, -0.15) is 0 Å². The third kappa shape index (κ3) is 3.73. The molecule has 0 spiro atoms. The molecule has 4 nitrogen and oxygen atoms in total. The van der Waals surface area contributed by atoms with Crippen LogP contribution in [0.5, 0.6) is 0 Å². The number of primary amides is 1. The Labute approximate surface area is 107 Å². The molecule has 3 N–H and O–H groups in total. The Morgan fingerprint density at radius 3 is 2.39 bits per heavy atom. The fraction of sp³-hybridized carbons (Fsp3) is 0.286. The van der Waals surface area contributed by atoms with Gasteiger partial charge in [-0.05, 0) is 18.2 Å². The lowest BCUT2D eigenvalue weighted by Gasteiger charge is -2.13. The summed E-state index contributed by atoms with van der Waals surface area (Å²) in [5.41, 5.74) is 5.81. The molecule has 0 saturated heterocycles. The number of hydrogen-bond acceptors (Lipinski definition) is 3. The molecule has 0 saturated carbocycles. The maximum atomic E-state index is 11.7. The second kappa shape index (κ2) is 5.49. The van der Waals surface area contributed by atoms with Crippen molar-refractivity contribution < 1.29 is 9.59 Å². The summed E-state index contributed by atoms with van der Waals surface area (Å²) in [5, 5.41) is 2.90. The highest BCUT2D eigenvalue weighted by Crippen LogP contribution is 2.16. The van der Waals surface area contributed by atoms with Crippen LogP contribution in [0.15, 0.2) is 36.5 Å². The number of allylic oxidation sites excluding steroid dienone is 1. The molecule has 4 heteroatoms. The van der Waals surface area contributed by atoms with Crippen molar-refractivity contribution in [3.63, 3.8) is 0 Å². The molecule has 96 valence electrons. The molecule has 18 heavy (non-hydrogen) atoms. The van der Waals surface area contributed by atoms with Gasteiger partial charge in [-0.3, -0.25) is 9.59 Å². The topological polar surface area (TPSA) is 72.2 Å². The Kier molecular flexibility index (Phi) is 4.26. The fourth-order valence-corrected chi connectivity index (χ4v) is 1.28. The maximum Gasteiger partial charge on any atom is 0.250 e. The maximum absolute atomic E-state index is 11.7. The van der Waals surface area contributed by atoms with E-state index in [9.17, 15) is 9.59 Å². The van der Waals surface area contributed by atoms with Crippen molar-refractivity contribution in [2.24, 2.45) is 11.1 Å². The van der Waals surface area contributed by atoms with Crippen LogP contribution >= 0.6 is 0 Å². The molecule has 0 unspecified atom stereocenters. The van der Waals surface area contributed by atoms with Crippen molar-refractivity contribution in [2.75, 3.05) is 5.32 Å². The predicted molar refractivity (Wildman–Crippen MR) is 72.2 cm³/mol. The van der Waals surface area contributed by atoms with Crippen molar-refractivity contribution >= 4 is 17.4 Å². The lowest BCUT2D eigenvalue weighted by atomic mass is 9.91. The Balaban J connectivity index is 2.79. The van der Waals surface area contributed by atoms with Gasteiger partial charge >= 0.3 is 0 Å². The van der Waals surface area contributed by atoms with Gasteiger partial charge in [0.05, 0.1) is 11.3 Å². The van der Waals surface area contributed by atoms with Gasteiger partial charge < -0.3 is 11.1 Å². The van der Waals surface area contributed by atoms with Gasteiger partial charge in [-0.1, -0.05) is 32.9 Å². The summed E-state index contributed by atoms with van der Waals surface area (Å²) < 4.78 is 0. The van der Waals surface area contributed by atoms with Crippen LogP contribution in [-0.2, 0) is 4.79 Å². The standard InChI is InChI=1S/C14H18N2O2/c1-14(2,3)12(17)8-9-16-11-7-5-4-6-10(11)13(15)18/h4-9,16H,1-3H3,(H2,15,18)/b9-8+. The number of anilines is 1. The van der Waals surface area contributed by atoms with E-state index in [1.165, 1.54) is 12.3 Å². The molecular weight excluding hydrogens is 228 g/mol. The monoisotopic (exact) mass is 246 g/mol. The highest BCUT2D eigenvalue weighted by Gasteiger charge is 2.17. The van der Waals surface area contributed by atoms with Crippen LogP contribution in [0.2, 0.25) is 0 Å². The average molecular weight is 246 g/mol. The zero-order chi connectivity index (χ0) is 13.8. The minimum Gasteiger partial charge on any atom is -0.366 e. The minimum absolute atomic E-state index is 0.00607. The number of benzene rings is 1. The van der Waals surface area contributed by atoms with Crippen LogP contribution in [-0.4, -0.2) is 11.7 Å². The molecule has 1 aromatic rings. The fourth-order valence-electron chi connectivity index (χ4n) is 1.28. The number of nitrogens with one attached hydrogen (secondary N) is 1. The first kappa shape index (κ1) is 14.0.